The predicted octanol–water partition coefficient (Wildman–Crippen LogP) is 2.59. The number of aromatic hydroxyl groups is 1. The predicted molar refractivity (Wildman–Crippen MR) is 59.1 cm³/mol. The van der Waals surface area contributed by atoms with Gasteiger partial charge in [0.15, 0.2) is 5.75 Å². The maximum absolute atomic E-state index is 9.58. The first-order valence-corrected chi connectivity index (χ1v) is 5.18. The number of nitrogens with two attached hydrogens (primary N) is 1. The quantitative estimate of drug-likeness (QED) is 0.799. The molecule has 0 radical (unpaired) electrons. The second kappa shape index (κ2) is 3.38. The highest BCUT2D eigenvalue weighted by Crippen LogP contribution is 2.43. The SMILES string of the molecule is CCOc1c(N)sc2c(O)cccc12. The van der Waals surface area contributed by atoms with E-state index in [4.69, 9.17) is 10.5 Å². The van der Waals surface area contributed by atoms with Gasteiger partial charge in [0.05, 0.1) is 11.3 Å². The largest absolute Gasteiger partial charge is 0.506 e. The van der Waals surface area contributed by atoms with Crippen LogP contribution >= 0.6 is 11.3 Å². The lowest BCUT2D eigenvalue weighted by atomic mass is 10.2. The number of hydrogen-bond acceptors (Lipinski definition) is 4. The molecule has 74 valence electrons. The molecule has 2 rings (SSSR count). The van der Waals surface area contributed by atoms with E-state index in [-0.39, 0.29) is 5.75 Å². The molecule has 0 aliphatic carbocycles. The number of anilines is 1. The molecule has 4 heteroatoms. The lowest BCUT2D eigenvalue weighted by Gasteiger charge is -2.01. The summed E-state index contributed by atoms with van der Waals surface area (Å²) in [6, 6.07) is 5.33. The van der Waals surface area contributed by atoms with Gasteiger partial charge in [-0.3, -0.25) is 0 Å². The molecule has 0 amide bonds. The number of nitrogen functional groups attached to an aromatic ring is 1. The van der Waals surface area contributed by atoms with Gasteiger partial charge in [0.1, 0.15) is 10.8 Å². The molecule has 0 aliphatic heterocycles. The second-order valence-electron chi connectivity index (χ2n) is 2.88. The Morgan fingerprint density at radius 1 is 1.50 bits per heavy atom. The van der Waals surface area contributed by atoms with Gasteiger partial charge >= 0.3 is 0 Å². The molecule has 2 aromatic rings. The number of hydrogen-bond donors (Lipinski definition) is 2. The second-order valence-corrected chi connectivity index (χ2v) is 3.93. The third-order valence-corrected chi connectivity index (χ3v) is 3.00. The monoisotopic (exact) mass is 209 g/mol. The summed E-state index contributed by atoms with van der Waals surface area (Å²) < 4.78 is 6.20. The molecule has 0 fully saturated rings. The van der Waals surface area contributed by atoms with Crippen LogP contribution in [0.15, 0.2) is 18.2 Å². The Balaban J connectivity index is 2.70. The standard InChI is InChI=1S/C10H11NO2S/c1-2-13-8-6-4-3-5-7(12)9(6)14-10(8)11/h3-5,12H,2,11H2,1H3. The van der Waals surface area contributed by atoms with E-state index in [1.165, 1.54) is 11.3 Å². The Bertz CT molecular complexity index is 464. The zero-order chi connectivity index (χ0) is 10.1. The van der Waals surface area contributed by atoms with Crippen molar-refractivity contribution < 1.29 is 9.84 Å². The minimum Gasteiger partial charge on any atom is -0.506 e. The lowest BCUT2D eigenvalue weighted by molar-refractivity contribution is 0.347. The molecule has 3 N–H and O–H groups in total. The third kappa shape index (κ3) is 1.28. The van der Waals surface area contributed by atoms with Crippen LogP contribution < -0.4 is 10.5 Å². The number of rotatable bonds is 2. The van der Waals surface area contributed by atoms with Crippen molar-refractivity contribution in [1.82, 2.24) is 0 Å². The first-order chi connectivity index (χ1) is 6.74. The van der Waals surface area contributed by atoms with Crippen molar-refractivity contribution in [3.05, 3.63) is 18.2 Å². The fourth-order valence-corrected chi connectivity index (χ4v) is 2.32. The van der Waals surface area contributed by atoms with E-state index in [2.05, 4.69) is 0 Å². The molecule has 1 aromatic carbocycles. The van der Waals surface area contributed by atoms with Gasteiger partial charge in [0.2, 0.25) is 0 Å². The smallest absolute Gasteiger partial charge is 0.161 e. The van der Waals surface area contributed by atoms with Crippen LogP contribution in [0.25, 0.3) is 10.1 Å². The van der Waals surface area contributed by atoms with Crippen molar-refractivity contribution in [2.45, 2.75) is 6.92 Å². The zero-order valence-corrected chi connectivity index (χ0v) is 8.60. The highest BCUT2D eigenvalue weighted by Gasteiger charge is 2.12. The summed E-state index contributed by atoms with van der Waals surface area (Å²) in [5.41, 5.74) is 5.79. The number of fused-ring (bicyclic) bond motifs is 1. The maximum Gasteiger partial charge on any atom is 0.161 e. The summed E-state index contributed by atoms with van der Waals surface area (Å²) in [7, 11) is 0. The van der Waals surface area contributed by atoms with Gasteiger partial charge in [-0.2, -0.15) is 0 Å². The summed E-state index contributed by atoms with van der Waals surface area (Å²) in [5.74, 6) is 0.938. The van der Waals surface area contributed by atoms with Crippen LogP contribution in [-0.4, -0.2) is 11.7 Å². The number of ether oxygens (including phenoxy) is 1. The van der Waals surface area contributed by atoms with Crippen LogP contribution in [0.3, 0.4) is 0 Å². The first kappa shape index (κ1) is 9.15. The van der Waals surface area contributed by atoms with Gasteiger partial charge in [-0.25, -0.2) is 0 Å². The van der Waals surface area contributed by atoms with Crippen LogP contribution in [0.5, 0.6) is 11.5 Å². The third-order valence-electron chi connectivity index (χ3n) is 1.96. The Morgan fingerprint density at radius 3 is 3.00 bits per heavy atom. The van der Waals surface area contributed by atoms with Crippen molar-refractivity contribution in [2.75, 3.05) is 12.3 Å². The number of benzene rings is 1. The van der Waals surface area contributed by atoms with E-state index in [1.54, 1.807) is 12.1 Å². The van der Waals surface area contributed by atoms with Gasteiger partial charge in [-0.05, 0) is 19.1 Å². The van der Waals surface area contributed by atoms with Gasteiger partial charge < -0.3 is 15.6 Å². The van der Waals surface area contributed by atoms with Crippen LogP contribution in [-0.2, 0) is 0 Å². The Morgan fingerprint density at radius 2 is 2.29 bits per heavy atom. The van der Waals surface area contributed by atoms with Crippen LogP contribution in [0.4, 0.5) is 5.00 Å². The topological polar surface area (TPSA) is 55.5 Å². The average Bonchev–Trinajstić information content (AvgIpc) is 2.47. The molecule has 0 bridgehead atoms. The molecule has 0 unspecified atom stereocenters. The van der Waals surface area contributed by atoms with Crippen molar-refractivity contribution >= 4 is 26.4 Å². The summed E-state index contributed by atoms with van der Waals surface area (Å²) >= 11 is 1.35. The molecule has 14 heavy (non-hydrogen) atoms. The van der Waals surface area contributed by atoms with E-state index in [1.807, 2.05) is 13.0 Å². The maximum atomic E-state index is 9.58. The van der Waals surface area contributed by atoms with Gasteiger partial charge in [-0.1, -0.05) is 6.07 Å². The van der Waals surface area contributed by atoms with E-state index in [9.17, 15) is 5.11 Å². The fraction of sp³-hybridized carbons (Fsp3) is 0.200. The summed E-state index contributed by atoms with van der Waals surface area (Å²) in [5, 5.41) is 11.1. The van der Waals surface area contributed by atoms with Crippen LogP contribution in [0.1, 0.15) is 6.92 Å². The molecule has 0 aliphatic rings. The highest BCUT2D eigenvalue weighted by atomic mass is 32.1. The van der Waals surface area contributed by atoms with Gasteiger partial charge in [0.25, 0.3) is 0 Å². The van der Waals surface area contributed by atoms with Gasteiger partial charge in [-0.15, -0.1) is 11.3 Å². The van der Waals surface area contributed by atoms with Gasteiger partial charge in [0, 0.05) is 5.39 Å². The van der Waals surface area contributed by atoms with E-state index < -0.39 is 0 Å². The molecule has 0 saturated heterocycles. The minimum atomic E-state index is 0.255. The molecule has 1 aromatic heterocycles. The van der Waals surface area contributed by atoms with Crippen LogP contribution in [0, 0.1) is 0 Å². The molecule has 0 atom stereocenters. The van der Waals surface area contributed by atoms with Crippen molar-refractivity contribution in [3.8, 4) is 11.5 Å². The average molecular weight is 209 g/mol. The van der Waals surface area contributed by atoms with E-state index in [0.29, 0.717) is 17.4 Å². The summed E-state index contributed by atoms with van der Waals surface area (Å²) in [4.78, 5) is 0. The van der Waals surface area contributed by atoms with E-state index in [0.717, 1.165) is 10.1 Å². The first-order valence-electron chi connectivity index (χ1n) is 4.36. The highest BCUT2D eigenvalue weighted by molar-refractivity contribution is 7.23. The Labute approximate surface area is 85.7 Å². The molecule has 0 saturated carbocycles. The minimum absolute atomic E-state index is 0.255. The molecule has 3 nitrogen and oxygen atoms in total. The Hall–Kier alpha value is -1.42. The normalized spacial score (nSPS) is 10.6. The lowest BCUT2D eigenvalue weighted by Crippen LogP contribution is -1.93. The summed E-state index contributed by atoms with van der Waals surface area (Å²) in [6.45, 7) is 2.48. The van der Waals surface area contributed by atoms with E-state index >= 15 is 0 Å². The molecule has 1 heterocycles. The Kier molecular flexibility index (Phi) is 2.21. The van der Waals surface area contributed by atoms with Crippen molar-refractivity contribution in [2.24, 2.45) is 0 Å². The van der Waals surface area contributed by atoms with Crippen molar-refractivity contribution in [3.63, 3.8) is 0 Å². The fourth-order valence-electron chi connectivity index (χ4n) is 1.39. The number of phenolic OH excluding ortho intramolecular Hbond substituents is 1. The van der Waals surface area contributed by atoms with Crippen LogP contribution in [0.2, 0.25) is 0 Å². The van der Waals surface area contributed by atoms with Crippen molar-refractivity contribution in [1.29, 1.82) is 0 Å². The summed E-state index contributed by atoms with van der Waals surface area (Å²) in [6.07, 6.45) is 0. The number of thiophene rings is 1. The molecular formula is C10H11NO2S. The molecule has 0 spiro atoms. The zero-order valence-electron chi connectivity index (χ0n) is 7.78. The molecular weight excluding hydrogens is 198 g/mol. The number of phenols is 1.